The normalized spacial score (nSPS) is 17.2. The molecular weight excluding hydrogens is 415 g/mol. The van der Waals surface area contributed by atoms with Crippen LogP contribution in [0.25, 0.3) is 0 Å². The highest BCUT2D eigenvalue weighted by Crippen LogP contribution is 2.26. The first-order valence-corrected chi connectivity index (χ1v) is 9.10. The van der Waals surface area contributed by atoms with Crippen LogP contribution in [0.15, 0.2) is 48.5 Å². The van der Waals surface area contributed by atoms with Crippen LogP contribution < -0.4 is 10.2 Å². The lowest BCUT2D eigenvalue weighted by Gasteiger charge is -2.17. The molecule has 2 aromatic carbocycles. The molecule has 0 bridgehead atoms. The fourth-order valence-corrected chi connectivity index (χ4v) is 3.18. The first-order chi connectivity index (χ1) is 11.6. The number of rotatable bonds is 4. The Morgan fingerprint density at radius 2 is 1.83 bits per heavy atom. The van der Waals surface area contributed by atoms with Crippen LogP contribution in [0.3, 0.4) is 0 Å². The monoisotopic (exact) mass is 434 g/mol. The number of amides is 2. The van der Waals surface area contributed by atoms with Crippen molar-refractivity contribution < 1.29 is 9.59 Å². The van der Waals surface area contributed by atoms with Crippen molar-refractivity contribution in [2.75, 3.05) is 16.8 Å². The van der Waals surface area contributed by atoms with E-state index in [9.17, 15) is 9.59 Å². The molecule has 1 fully saturated rings. The molecule has 0 radical (unpaired) electrons. The van der Waals surface area contributed by atoms with Crippen LogP contribution in [0, 0.1) is 9.49 Å². The third-order valence-electron chi connectivity index (χ3n) is 4.26. The summed E-state index contributed by atoms with van der Waals surface area (Å²) >= 11 is 2.22. The first-order valence-electron chi connectivity index (χ1n) is 8.02. The molecule has 24 heavy (non-hydrogen) atoms. The zero-order valence-corrected chi connectivity index (χ0v) is 15.6. The van der Waals surface area contributed by atoms with E-state index in [1.165, 1.54) is 5.56 Å². The SMILES string of the molecule is CCc1ccc(N2C[C@H](C(=O)Nc3ccc(I)cc3)CC2=O)cc1. The molecule has 1 heterocycles. The van der Waals surface area contributed by atoms with Gasteiger partial charge < -0.3 is 10.2 Å². The summed E-state index contributed by atoms with van der Waals surface area (Å²) in [6, 6.07) is 15.6. The number of hydrogen-bond donors (Lipinski definition) is 1. The summed E-state index contributed by atoms with van der Waals surface area (Å²) in [6.45, 7) is 2.53. The maximum absolute atomic E-state index is 12.4. The predicted octanol–water partition coefficient (Wildman–Crippen LogP) is 3.85. The molecule has 0 aliphatic carbocycles. The minimum absolute atomic E-state index is 0.00186. The topological polar surface area (TPSA) is 49.4 Å². The van der Waals surface area contributed by atoms with E-state index in [0.717, 1.165) is 21.4 Å². The molecular formula is C19H19IN2O2. The summed E-state index contributed by atoms with van der Waals surface area (Å²) in [5, 5.41) is 2.90. The van der Waals surface area contributed by atoms with E-state index in [-0.39, 0.29) is 24.2 Å². The summed E-state index contributed by atoms with van der Waals surface area (Å²) in [7, 11) is 0. The smallest absolute Gasteiger partial charge is 0.229 e. The standard InChI is InChI=1S/C19H19IN2O2/c1-2-13-3-9-17(10-4-13)22-12-14(11-18(22)23)19(24)21-16-7-5-15(20)6-8-16/h3-10,14H,2,11-12H2,1H3,(H,21,24)/t14-/m1/s1. The third-order valence-corrected chi connectivity index (χ3v) is 4.98. The van der Waals surface area contributed by atoms with Gasteiger partial charge in [-0.1, -0.05) is 19.1 Å². The Bertz CT molecular complexity index is 741. The Labute approximate surface area is 155 Å². The van der Waals surface area contributed by atoms with Gasteiger partial charge in [0.05, 0.1) is 5.92 Å². The number of nitrogens with zero attached hydrogens (tertiary/aromatic N) is 1. The number of carbonyl (C=O) groups is 2. The molecule has 2 aromatic rings. The van der Waals surface area contributed by atoms with E-state index in [2.05, 4.69) is 34.8 Å². The molecule has 0 unspecified atom stereocenters. The minimum atomic E-state index is -0.317. The van der Waals surface area contributed by atoms with Gasteiger partial charge >= 0.3 is 0 Å². The molecule has 1 aliphatic rings. The van der Waals surface area contributed by atoms with E-state index in [0.29, 0.717) is 6.54 Å². The van der Waals surface area contributed by atoms with Gasteiger partial charge in [0.1, 0.15) is 0 Å². The molecule has 0 spiro atoms. The Morgan fingerprint density at radius 1 is 1.17 bits per heavy atom. The molecule has 3 rings (SSSR count). The molecule has 124 valence electrons. The van der Waals surface area contributed by atoms with Crippen LogP contribution in [-0.4, -0.2) is 18.4 Å². The van der Waals surface area contributed by atoms with E-state index in [1.54, 1.807) is 4.90 Å². The average Bonchev–Trinajstić information content (AvgIpc) is 2.99. The zero-order valence-electron chi connectivity index (χ0n) is 13.5. The van der Waals surface area contributed by atoms with Crippen molar-refractivity contribution in [1.29, 1.82) is 0 Å². The van der Waals surface area contributed by atoms with Gasteiger partial charge in [0.25, 0.3) is 0 Å². The van der Waals surface area contributed by atoms with Crippen LogP contribution in [-0.2, 0) is 16.0 Å². The average molecular weight is 434 g/mol. The number of anilines is 2. The van der Waals surface area contributed by atoms with Crippen molar-refractivity contribution in [3.8, 4) is 0 Å². The van der Waals surface area contributed by atoms with Crippen molar-refractivity contribution in [1.82, 2.24) is 0 Å². The van der Waals surface area contributed by atoms with E-state index in [4.69, 9.17) is 0 Å². The number of hydrogen-bond acceptors (Lipinski definition) is 2. The van der Waals surface area contributed by atoms with Gasteiger partial charge in [-0.15, -0.1) is 0 Å². The van der Waals surface area contributed by atoms with Gasteiger partial charge in [-0.05, 0) is 71.0 Å². The number of aryl methyl sites for hydroxylation is 1. The summed E-state index contributed by atoms with van der Waals surface area (Å²) < 4.78 is 1.11. The van der Waals surface area contributed by atoms with Gasteiger partial charge in [0.15, 0.2) is 0 Å². The summed E-state index contributed by atoms with van der Waals surface area (Å²) in [5.41, 5.74) is 2.86. The maximum Gasteiger partial charge on any atom is 0.229 e. The van der Waals surface area contributed by atoms with Crippen LogP contribution in [0.5, 0.6) is 0 Å². The predicted molar refractivity (Wildman–Crippen MR) is 104 cm³/mol. The number of carbonyl (C=O) groups excluding carboxylic acids is 2. The summed E-state index contributed by atoms with van der Waals surface area (Å²) in [6.07, 6.45) is 1.22. The molecule has 0 aromatic heterocycles. The largest absolute Gasteiger partial charge is 0.326 e. The second-order valence-electron chi connectivity index (χ2n) is 5.92. The number of halogens is 1. The quantitative estimate of drug-likeness (QED) is 0.744. The summed E-state index contributed by atoms with van der Waals surface area (Å²) in [4.78, 5) is 26.4. The molecule has 2 amide bonds. The number of benzene rings is 2. The second-order valence-corrected chi connectivity index (χ2v) is 7.17. The maximum atomic E-state index is 12.4. The molecule has 4 nitrogen and oxygen atoms in total. The molecule has 1 saturated heterocycles. The Balaban J connectivity index is 1.67. The van der Waals surface area contributed by atoms with Gasteiger partial charge in [-0.2, -0.15) is 0 Å². The van der Waals surface area contributed by atoms with Crippen LogP contribution >= 0.6 is 22.6 Å². The van der Waals surface area contributed by atoms with Crippen LogP contribution in [0.4, 0.5) is 11.4 Å². The summed E-state index contributed by atoms with van der Waals surface area (Å²) in [5.74, 6) is -0.415. The highest BCUT2D eigenvalue weighted by atomic mass is 127. The van der Waals surface area contributed by atoms with Gasteiger partial charge in [-0.3, -0.25) is 9.59 Å². The van der Waals surface area contributed by atoms with Crippen LogP contribution in [0.1, 0.15) is 18.9 Å². The van der Waals surface area contributed by atoms with E-state index < -0.39 is 0 Å². The van der Waals surface area contributed by atoms with Gasteiger partial charge in [0.2, 0.25) is 11.8 Å². The highest BCUT2D eigenvalue weighted by Gasteiger charge is 2.35. The molecule has 0 saturated carbocycles. The third kappa shape index (κ3) is 3.77. The lowest BCUT2D eigenvalue weighted by Crippen LogP contribution is -2.28. The minimum Gasteiger partial charge on any atom is -0.326 e. The van der Waals surface area contributed by atoms with Crippen molar-refractivity contribution in [3.63, 3.8) is 0 Å². The first kappa shape index (κ1) is 17.0. The van der Waals surface area contributed by atoms with Crippen molar-refractivity contribution >= 4 is 45.8 Å². The Morgan fingerprint density at radius 3 is 2.46 bits per heavy atom. The number of nitrogens with one attached hydrogen (secondary N) is 1. The lowest BCUT2D eigenvalue weighted by molar-refractivity contribution is -0.122. The van der Waals surface area contributed by atoms with Crippen molar-refractivity contribution in [3.05, 3.63) is 57.7 Å². The van der Waals surface area contributed by atoms with Crippen molar-refractivity contribution in [2.45, 2.75) is 19.8 Å². The Hall–Kier alpha value is -1.89. The fourth-order valence-electron chi connectivity index (χ4n) is 2.82. The molecule has 1 N–H and O–H groups in total. The van der Waals surface area contributed by atoms with E-state index >= 15 is 0 Å². The highest BCUT2D eigenvalue weighted by molar-refractivity contribution is 14.1. The molecule has 1 aliphatic heterocycles. The molecule has 5 heteroatoms. The van der Waals surface area contributed by atoms with Crippen LogP contribution in [0.2, 0.25) is 0 Å². The van der Waals surface area contributed by atoms with Gasteiger partial charge in [0, 0.05) is 27.9 Å². The van der Waals surface area contributed by atoms with Gasteiger partial charge in [-0.25, -0.2) is 0 Å². The zero-order chi connectivity index (χ0) is 17.1. The Kier molecular flexibility index (Phi) is 5.18. The van der Waals surface area contributed by atoms with E-state index in [1.807, 2.05) is 48.5 Å². The fraction of sp³-hybridized carbons (Fsp3) is 0.263. The second kappa shape index (κ2) is 7.34. The lowest BCUT2D eigenvalue weighted by atomic mass is 10.1. The molecule has 1 atom stereocenters. The van der Waals surface area contributed by atoms with Crippen molar-refractivity contribution in [2.24, 2.45) is 5.92 Å².